The molecule has 3 atom stereocenters. The highest BCUT2D eigenvalue weighted by Crippen LogP contribution is 2.40. The van der Waals surface area contributed by atoms with Crippen molar-refractivity contribution in [1.29, 1.82) is 0 Å². The summed E-state index contributed by atoms with van der Waals surface area (Å²) in [5.74, 6) is 0.678. The van der Waals surface area contributed by atoms with Gasteiger partial charge in [0.05, 0.1) is 11.0 Å². The molecule has 2 aliphatic rings. The maximum Gasteiger partial charge on any atom is 0.336 e. The van der Waals surface area contributed by atoms with E-state index in [1.165, 1.54) is 0 Å². The Morgan fingerprint density at radius 1 is 1.31 bits per heavy atom. The molecule has 3 unspecified atom stereocenters. The van der Waals surface area contributed by atoms with Crippen LogP contribution in [0, 0.1) is 12.8 Å². The fraction of sp³-hybridized carbons (Fsp3) is 0.615. The smallest absolute Gasteiger partial charge is 0.336 e. The van der Waals surface area contributed by atoms with Gasteiger partial charge in [-0.2, -0.15) is 0 Å². The van der Waals surface area contributed by atoms with Gasteiger partial charge in [0.25, 0.3) is 5.91 Å². The van der Waals surface area contributed by atoms with E-state index in [0.717, 1.165) is 61.5 Å². The highest BCUT2D eigenvalue weighted by atomic mass is 16.5. The molecule has 1 aliphatic heterocycles. The van der Waals surface area contributed by atoms with Crippen LogP contribution in [0.15, 0.2) is 27.4 Å². The van der Waals surface area contributed by atoms with Gasteiger partial charge < -0.3 is 19.2 Å². The molecular weight excluding hydrogens is 406 g/mol. The van der Waals surface area contributed by atoms with Crippen LogP contribution in [0.25, 0.3) is 11.0 Å². The number of hydrogen-bond donors (Lipinski definition) is 1. The van der Waals surface area contributed by atoms with Crippen molar-refractivity contribution in [2.45, 2.75) is 83.8 Å². The number of rotatable bonds is 6. The molecule has 32 heavy (non-hydrogen) atoms. The van der Waals surface area contributed by atoms with Crippen LogP contribution in [-0.4, -0.2) is 40.7 Å². The summed E-state index contributed by atoms with van der Waals surface area (Å²) in [6, 6.07) is 5.30. The zero-order chi connectivity index (χ0) is 22.9. The fourth-order valence-electron chi connectivity index (χ4n) is 5.40. The first-order chi connectivity index (χ1) is 15.3. The third-order valence-corrected chi connectivity index (χ3v) is 7.22. The van der Waals surface area contributed by atoms with Gasteiger partial charge in [0.15, 0.2) is 6.10 Å². The number of carbonyl (C=O) groups is 1. The minimum Gasteiger partial charge on any atom is -0.480 e. The van der Waals surface area contributed by atoms with Crippen LogP contribution in [0.2, 0.25) is 0 Å². The molecule has 4 rings (SSSR count). The number of fused-ring (bicyclic) bond motifs is 2. The van der Waals surface area contributed by atoms with Gasteiger partial charge >= 0.3 is 5.63 Å². The fourth-order valence-corrected chi connectivity index (χ4v) is 5.40. The predicted octanol–water partition coefficient (Wildman–Crippen LogP) is 4.36. The van der Waals surface area contributed by atoms with Crippen LogP contribution in [0.1, 0.15) is 69.9 Å². The Morgan fingerprint density at radius 3 is 2.91 bits per heavy atom. The number of benzene rings is 1. The summed E-state index contributed by atoms with van der Waals surface area (Å²) in [6.07, 6.45) is 6.69. The number of likely N-dealkylation sites (tertiary alicyclic amines) is 1. The molecule has 174 valence electrons. The van der Waals surface area contributed by atoms with Gasteiger partial charge in [0.1, 0.15) is 11.3 Å². The highest BCUT2D eigenvalue weighted by Gasteiger charge is 2.44. The average molecular weight is 442 g/mol. The molecule has 2 aromatic rings. The summed E-state index contributed by atoms with van der Waals surface area (Å²) >= 11 is 0. The Balaban J connectivity index is 1.57. The lowest BCUT2D eigenvalue weighted by Gasteiger charge is -2.47. The second-order valence-electron chi connectivity index (χ2n) is 9.67. The molecule has 1 saturated carbocycles. The Labute approximate surface area is 189 Å². The van der Waals surface area contributed by atoms with Crippen molar-refractivity contribution in [3.05, 3.63) is 39.7 Å². The van der Waals surface area contributed by atoms with Gasteiger partial charge in [-0.3, -0.25) is 4.79 Å². The largest absolute Gasteiger partial charge is 0.480 e. The van der Waals surface area contributed by atoms with E-state index in [1.54, 1.807) is 13.0 Å². The first kappa shape index (κ1) is 22.8. The maximum absolute atomic E-state index is 13.3. The lowest BCUT2D eigenvalue weighted by atomic mass is 9.71. The normalized spacial score (nSPS) is 24.2. The number of amides is 1. The summed E-state index contributed by atoms with van der Waals surface area (Å²) < 4.78 is 11.7. The molecule has 1 aromatic heterocycles. The summed E-state index contributed by atoms with van der Waals surface area (Å²) in [5, 5.41) is 11.7. The van der Waals surface area contributed by atoms with Gasteiger partial charge in [-0.15, -0.1) is 0 Å². The third-order valence-electron chi connectivity index (χ3n) is 7.22. The predicted molar refractivity (Wildman–Crippen MR) is 124 cm³/mol. The van der Waals surface area contributed by atoms with E-state index in [1.807, 2.05) is 24.0 Å². The van der Waals surface area contributed by atoms with Crippen molar-refractivity contribution in [1.82, 2.24) is 4.90 Å². The quantitative estimate of drug-likeness (QED) is 0.674. The molecule has 2 fully saturated rings. The molecule has 1 N–H and O–H groups in total. The number of unbranched alkanes of at least 4 members (excludes halogenated alkanes) is 1. The second kappa shape index (κ2) is 9.26. The minimum absolute atomic E-state index is 0.0558. The third kappa shape index (κ3) is 4.56. The lowest BCUT2D eigenvalue weighted by molar-refractivity contribution is -0.149. The van der Waals surface area contributed by atoms with Crippen LogP contribution in [0.4, 0.5) is 0 Å². The SMILES string of the molecule is CCCCc1cc(=O)oc2cc(C)cc(OC(C)C(=O)N3CCC4(O)CCCCC4C3)c12. The van der Waals surface area contributed by atoms with Crippen LogP contribution < -0.4 is 10.4 Å². The number of nitrogens with zero attached hydrogens (tertiary/aromatic N) is 1. The molecule has 6 nitrogen and oxygen atoms in total. The molecule has 0 bridgehead atoms. The number of ether oxygens (including phenoxy) is 1. The molecule has 1 aliphatic carbocycles. The second-order valence-corrected chi connectivity index (χ2v) is 9.67. The van der Waals surface area contributed by atoms with E-state index >= 15 is 0 Å². The summed E-state index contributed by atoms with van der Waals surface area (Å²) in [6.45, 7) is 6.97. The van der Waals surface area contributed by atoms with Gasteiger partial charge in [0, 0.05) is 25.1 Å². The van der Waals surface area contributed by atoms with Crippen molar-refractivity contribution >= 4 is 16.9 Å². The zero-order valence-electron chi connectivity index (χ0n) is 19.5. The maximum atomic E-state index is 13.3. The van der Waals surface area contributed by atoms with Crippen LogP contribution in [0.3, 0.4) is 0 Å². The van der Waals surface area contributed by atoms with E-state index in [0.29, 0.717) is 30.8 Å². The van der Waals surface area contributed by atoms with E-state index in [9.17, 15) is 14.7 Å². The summed E-state index contributed by atoms with van der Waals surface area (Å²) in [5.41, 5.74) is 1.34. The summed E-state index contributed by atoms with van der Waals surface area (Å²) in [7, 11) is 0. The first-order valence-electron chi connectivity index (χ1n) is 12.1. The van der Waals surface area contributed by atoms with E-state index in [4.69, 9.17) is 9.15 Å². The van der Waals surface area contributed by atoms with Crippen molar-refractivity contribution in [3.8, 4) is 5.75 Å². The van der Waals surface area contributed by atoms with Gasteiger partial charge in [-0.25, -0.2) is 4.79 Å². The Bertz CT molecular complexity index is 1040. The number of hydrogen-bond acceptors (Lipinski definition) is 5. The van der Waals surface area contributed by atoms with Crippen molar-refractivity contribution < 1.29 is 19.1 Å². The molecule has 2 heterocycles. The number of aliphatic hydroxyl groups is 1. The number of aryl methyl sites for hydroxylation is 2. The van der Waals surface area contributed by atoms with Crippen LogP contribution in [-0.2, 0) is 11.2 Å². The van der Waals surface area contributed by atoms with Crippen LogP contribution >= 0.6 is 0 Å². The van der Waals surface area contributed by atoms with E-state index < -0.39 is 11.7 Å². The van der Waals surface area contributed by atoms with E-state index in [-0.39, 0.29) is 17.5 Å². The Hall–Kier alpha value is -2.34. The molecule has 0 radical (unpaired) electrons. The average Bonchev–Trinajstić information content (AvgIpc) is 2.75. The van der Waals surface area contributed by atoms with Crippen molar-refractivity contribution in [2.75, 3.05) is 13.1 Å². The molecule has 1 aromatic carbocycles. The highest BCUT2D eigenvalue weighted by molar-refractivity contribution is 5.88. The molecule has 1 saturated heterocycles. The van der Waals surface area contributed by atoms with Gasteiger partial charge in [-0.1, -0.05) is 26.2 Å². The standard InChI is InChI=1S/C26H35NO5/c1-4-5-8-19-15-23(28)32-22-14-17(2)13-21(24(19)22)31-18(3)25(29)27-12-11-26(30)10-7-6-9-20(26)16-27/h13-15,18,20,30H,4-12,16H2,1-3H3. The summed E-state index contributed by atoms with van der Waals surface area (Å²) in [4.78, 5) is 27.2. The molecular formula is C26H35NO5. The lowest BCUT2D eigenvalue weighted by Crippen LogP contribution is -2.56. The Kier molecular flexibility index (Phi) is 6.61. The van der Waals surface area contributed by atoms with E-state index in [2.05, 4.69) is 6.92 Å². The number of carbonyl (C=O) groups excluding carboxylic acids is 1. The topological polar surface area (TPSA) is 80.0 Å². The zero-order valence-corrected chi connectivity index (χ0v) is 19.5. The molecule has 6 heteroatoms. The van der Waals surface area contributed by atoms with Gasteiger partial charge in [-0.05, 0) is 69.2 Å². The van der Waals surface area contributed by atoms with Crippen molar-refractivity contribution in [2.24, 2.45) is 5.92 Å². The molecule has 0 spiro atoms. The Morgan fingerprint density at radius 2 is 2.12 bits per heavy atom. The first-order valence-corrected chi connectivity index (χ1v) is 12.1. The minimum atomic E-state index is -0.666. The number of piperidine rings is 1. The van der Waals surface area contributed by atoms with Gasteiger partial charge in [0.2, 0.25) is 0 Å². The molecule has 1 amide bonds. The van der Waals surface area contributed by atoms with Crippen LogP contribution in [0.5, 0.6) is 5.75 Å². The van der Waals surface area contributed by atoms with Crippen molar-refractivity contribution in [3.63, 3.8) is 0 Å². The monoisotopic (exact) mass is 441 g/mol.